The van der Waals surface area contributed by atoms with Crippen LogP contribution in [0.1, 0.15) is 66.2 Å². The molecule has 0 bridgehead atoms. The van der Waals surface area contributed by atoms with Crippen LogP contribution in [0.25, 0.3) is 0 Å². The minimum absolute atomic E-state index is 0.00252. The summed E-state index contributed by atoms with van der Waals surface area (Å²) in [4.78, 5) is 23.5. The average molecular weight is 386 g/mol. The highest BCUT2D eigenvalue weighted by molar-refractivity contribution is 5.73. The summed E-state index contributed by atoms with van der Waals surface area (Å²) in [5.74, 6) is -2.00. The van der Waals surface area contributed by atoms with Crippen molar-refractivity contribution in [1.82, 2.24) is 0 Å². The van der Waals surface area contributed by atoms with Crippen molar-refractivity contribution in [3.05, 3.63) is 0 Å². The molecule has 0 radical (unpaired) electrons. The molecular weight excluding hydrogens is 352 g/mol. The molecule has 0 aromatic rings. The van der Waals surface area contributed by atoms with E-state index in [0.29, 0.717) is 12.8 Å². The third-order valence-electron chi connectivity index (χ3n) is 5.67. The van der Waals surface area contributed by atoms with Crippen LogP contribution in [0.3, 0.4) is 0 Å². The number of aliphatic carboxylic acids is 1. The zero-order chi connectivity index (χ0) is 20.1. The maximum absolute atomic E-state index is 12.4. The van der Waals surface area contributed by atoms with E-state index < -0.39 is 18.0 Å². The maximum Gasteiger partial charge on any atom is 0.311 e. The Hall–Kier alpha value is -1.18. The number of carbonyl (C=O) groups excluding carboxylic acids is 1. The number of hydrogen-bond acceptors (Lipinski definition) is 6. The average Bonchev–Trinajstić information content (AvgIpc) is 3.22. The van der Waals surface area contributed by atoms with Crippen LogP contribution in [0.2, 0.25) is 0 Å². The minimum atomic E-state index is -0.848. The van der Waals surface area contributed by atoms with E-state index in [0.717, 1.165) is 25.7 Å². The van der Waals surface area contributed by atoms with Crippen molar-refractivity contribution < 1.29 is 34.0 Å². The molecule has 0 amide bonds. The van der Waals surface area contributed by atoms with E-state index in [1.807, 2.05) is 13.8 Å². The largest absolute Gasteiger partial charge is 0.481 e. The minimum Gasteiger partial charge on any atom is -0.481 e. The summed E-state index contributed by atoms with van der Waals surface area (Å²) in [6, 6.07) is 0. The van der Waals surface area contributed by atoms with Crippen molar-refractivity contribution in [1.29, 1.82) is 0 Å². The number of carbonyl (C=O) groups is 2. The molecule has 8 atom stereocenters. The molecule has 156 valence electrons. The zero-order valence-corrected chi connectivity index (χ0v) is 16.8. The summed E-state index contributed by atoms with van der Waals surface area (Å²) in [7, 11) is 0. The van der Waals surface area contributed by atoms with Crippen molar-refractivity contribution in [2.45, 2.75) is 103 Å². The van der Waals surface area contributed by atoms with Gasteiger partial charge in [-0.3, -0.25) is 9.59 Å². The number of aliphatic hydroxyl groups excluding tert-OH is 1. The Morgan fingerprint density at radius 3 is 1.96 bits per heavy atom. The molecule has 2 heterocycles. The Labute approximate surface area is 161 Å². The van der Waals surface area contributed by atoms with Gasteiger partial charge in [0.1, 0.15) is 6.10 Å². The van der Waals surface area contributed by atoms with Crippen molar-refractivity contribution in [2.75, 3.05) is 0 Å². The number of ether oxygens (including phenoxy) is 3. The third kappa shape index (κ3) is 6.43. The van der Waals surface area contributed by atoms with E-state index in [1.165, 1.54) is 0 Å². The quantitative estimate of drug-likeness (QED) is 0.587. The van der Waals surface area contributed by atoms with Gasteiger partial charge < -0.3 is 24.4 Å². The molecule has 7 heteroatoms. The van der Waals surface area contributed by atoms with E-state index in [-0.39, 0.29) is 42.4 Å². The lowest BCUT2D eigenvalue weighted by Crippen LogP contribution is -2.32. The normalized spacial score (nSPS) is 32.6. The van der Waals surface area contributed by atoms with E-state index in [1.54, 1.807) is 13.8 Å². The first-order valence-electron chi connectivity index (χ1n) is 10.1. The number of hydrogen-bond donors (Lipinski definition) is 2. The Morgan fingerprint density at radius 2 is 1.44 bits per heavy atom. The summed E-state index contributed by atoms with van der Waals surface area (Å²) in [5.41, 5.74) is 0. The summed E-state index contributed by atoms with van der Waals surface area (Å²) >= 11 is 0. The number of rotatable bonds is 9. The lowest BCUT2D eigenvalue weighted by atomic mass is 10.0. The molecule has 0 aromatic heterocycles. The van der Waals surface area contributed by atoms with Crippen molar-refractivity contribution in [3.63, 3.8) is 0 Å². The van der Waals surface area contributed by atoms with Gasteiger partial charge in [-0.05, 0) is 59.8 Å². The maximum atomic E-state index is 12.4. The van der Waals surface area contributed by atoms with Gasteiger partial charge >= 0.3 is 11.9 Å². The smallest absolute Gasteiger partial charge is 0.311 e. The van der Waals surface area contributed by atoms with E-state index in [2.05, 4.69) is 0 Å². The summed E-state index contributed by atoms with van der Waals surface area (Å²) in [5, 5.41) is 18.6. The second kappa shape index (κ2) is 9.85. The summed E-state index contributed by atoms with van der Waals surface area (Å²) in [6.45, 7) is 7.06. The highest BCUT2D eigenvalue weighted by Gasteiger charge is 2.36. The molecule has 0 unspecified atom stereocenters. The molecule has 0 aromatic carbocycles. The van der Waals surface area contributed by atoms with Crippen LogP contribution in [0.4, 0.5) is 0 Å². The van der Waals surface area contributed by atoms with Crippen LogP contribution in [0.15, 0.2) is 0 Å². The fourth-order valence-electron chi connectivity index (χ4n) is 3.96. The van der Waals surface area contributed by atoms with Gasteiger partial charge in [-0.1, -0.05) is 0 Å². The number of carboxylic acids is 1. The molecule has 2 rings (SSSR count). The second-order valence-corrected chi connectivity index (χ2v) is 8.23. The van der Waals surface area contributed by atoms with E-state index in [4.69, 9.17) is 19.3 Å². The number of esters is 1. The molecule has 7 nitrogen and oxygen atoms in total. The Balaban J connectivity index is 1.73. The number of carboxylic acid groups (broad SMARTS) is 1. The first-order chi connectivity index (χ1) is 12.7. The van der Waals surface area contributed by atoms with Crippen molar-refractivity contribution in [2.24, 2.45) is 11.8 Å². The third-order valence-corrected chi connectivity index (χ3v) is 5.67. The van der Waals surface area contributed by atoms with Gasteiger partial charge in [0.2, 0.25) is 0 Å². The van der Waals surface area contributed by atoms with E-state index >= 15 is 0 Å². The monoisotopic (exact) mass is 386 g/mol. The predicted molar refractivity (Wildman–Crippen MR) is 98.2 cm³/mol. The van der Waals surface area contributed by atoms with E-state index in [9.17, 15) is 14.7 Å². The van der Waals surface area contributed by atoms with Gasteiger partial charge in [0.05, 0.1) is 42.4 Å². The van der Waals surface area contributed by atoms with Gasteiger partial charge in [-0.15, -0.1) is 0 Å². The fourth-order valence-corrected chi connectivity index (χ4v) is 3.96. The standard InChI is InChI=1S/C20H34O7/c1-11(21)9-15-5-8-18(26-15)14(4)20(24)25-12(2)10-16-6-7-17(27-16)13(3)19(22)23/h11-18,21H,5-10H2,1-4H3,(H,22,23)/t11-,12+,13-,14+,15-,16+,17-,18+/m1/s1. The van der Waals surface area contributed by atoms with Gasteiger partial charge in [-0.25, -0.2) is 0 Å². The van der Waals surface area contributed by atoms with Crippen LogP contribution in [0, 0.1) is 11.8 Å². The lowest BCUT2D eigenvalue weighted by molar-refractivity contribution is -0.159. The van der Waals surface area contributed by atoms with Crippen LogP contribution in [-0.4, -0.2) is 58.8 Å². The summed E-state index contributed by atoms with van der Waals surface area (Å²) < 4.78 is 17.3. The molecule has 2 saturated heterocycles. The lowest BCUT2D eigenvalue weighted by Gasteiger charge is -2.23. The molecule has 2 N–H and O–H groups in total. The van der Waals surface area contributed by atoms with Gasteiger partial charge in [0.15, 0.2) is 0 Å². The first kappa shape index (κ1) is 22.1. The molecule has 0 saturated carbocycles. The Bertz CT molecular complexity index is 507. The molecule has 0 aliphatic carbocycles. The molecule has 0 spiro atoms. The summed E-state index contributed by atoms with van der Waals surface area (Å²) in [6.07, 6.45) is 3.08. The fraction of sp³-hybridized carbons (Fsp3) is 0.900. The van der Waals surface area contributed by atoms with Gasteiger partial charge in [-0.2, -0.15) is 0 Å². The Morgan fingerprint density at radius 1 is 0.926 bits per heavy atom. The van der Waals surface area contributed by atoms with Gasteiger partial charge in [0, 0.05) is 6.42 Å². The second-order valence-electron chi connectivity index (χ2n) is 8.23. The first-order valence-corrected chi connectivity index (χ1v) is 10.1. The topological polar surface area (TPSA) is 102 Å². The highest BCUT2D eigenvalue weighted by atomic mass is 16.6. The number of aliphatic hydroxyl groups is 1. The SMILES string of the molecule is C[C@H](C(=O)O[C@@H](C)C[C@@H]1CC[C@H]([C@@H](C)C(=O)O)O1)[C@@H]1CC[C@H](C[C@@H](C)O)O1. The molecular formula is C20H34O7. The molecule has 27 heavy (non-hydrogen) atoms. The Kier molecular flexibility index (Phi) is 8.06. The van der Waals surface area contributed by atoms with Gasteiger partial charge in [0.25, 0.3) is 0 Å². The van der Waals surface area contributed by atoms with Crippen LogP contribution in [0.5, 0.6) is 0 Å². The highest BCUT2D eigenvalue weighted by Crippen LogP contribution is 2.30. The van der Waals surface area contributed by atoms with Crippen molar-refractivity contribution >= 4 is 11.9 Å². The molecule has 2 fully saturated rings. The van der Waals surface area contributed by atoms with Crippen molar-refractivity contribution in [3.8, 4) is 0 Å². The molecule has 2 aliphatic heterocycles. The van der Waals surface area contributed by atoms with Crippen LogP contribution >= 0.6 is 0 Å². The predicted octanol–water partition coefficient (Wildman–Crippen LogP) is 2.53. The zero-order valence-electron chi connectivity index (χ0n) is 16.8. The molecule has 2 aliphatic rings. The van der Waals surface area contributed by atoms with Crippen LogP contribution < -0.4 is 0 Å². The van der Waals surface area contributed by atoms with Crippen LogP contribution in [-0.2, 0) is 23.8 Å².